The van der Waals surface area contributed by atoms with Crippen LogP contribution >= 0.6 is 11.3 Å². The van der Waals surface area contributed by atoms with Crippen molar-refractivity contribution in [1.29, 1.82) is 0 Å². The normalized spacial score (nSPS) is 15.0. The number of rotatable bonds is 9. The largest absolute Gasteiger partial charge is 0.463 e. The zero-order valence-electron chi connectivity index (χ0n) is 27.0. The van der Waals surface area contributed by atoms with Crippen LogP contribution in [0.2, 0.25) is 0 Å². The predicted octanol–water partition coefficient (Wildman–Crippen LogP) is 6.18. The van der Waals surface area contributed by atoms with E-state index >= 15 is 0 Å². The van der Waals surface area contributed by atoms with Crippen molar-refractivity contribution in [2.24, 2.45) is 4.99 Å². The fraction of sp³-hybridized carbons (Fsp3) is 0.361. The van der Waals surface area contributed by atoms with Crippen molar-refractivity contribution in [3.05, 3.63) is 114 Å². The lowest BCUT2D eigenvalue weighted by atomic mass is 9.92. The topological polar surface area (TPSA) is 68.8 Å². The number of ether oxygens (including phenoxy) is 1. The van der Waals surface area contributed by atoms with Crippen LogP contribution in [-0.4, -0.2) is 35.8 Å². The van der Waals surface area contributed by atoms with Gasteiger partial charge in [0.1, 0.15) is 0 Å². The van der Waals surface area contributed by atoms with Crippen LogP contribution < -0.4 is 19.8 Å². The van der Waals surface area contributed by atoms with E-state index in [2.05, 4.69) is 86.6 Å². The summed E-state index contributed by atoms with van der Waals surface area (Å²) in [5, 5.41) is 0. The Morgan fingerprint density at radius 2 is 1.75 bits per heavy atom. The van der Waals surface area contributed by atoms with Gasteiger partial charge in [0.2, 0.25) is 0 Å². The highest BCUT2D eigenvalue weighted by molar-refractivity contribution is 7.07. The maximum atomic E-state index is 14.2. The van der Waals surface area contributed by atoms with Gasteiger partial charge in [0.05, 0.1) is 28.5 Å². The molecule has 0 unspecified atom stereocenters. The number of nitrogens with zero attached hydrogens (tertiary/aromatic N) is 4. The Hall–Kier alpha value is -4.17. The molecule has 0 N–H and O–H groups in total. The zero-order chi connectivity index (χ0) is 31.7. The lowest BCUT2D eigenvalue weighted by Gasteiger charge is -2.26. The van der Waals surface area contributed by atoms with Crippen LogP contribution in [0.15, 0.2) is 75.7 Å². The molecule has 1 atom stereocenters. The van der Waals surface area contributed by atoms with Crippen molar-refractivity contribution in [3.63, 3.8) is 0 Å². The third-order valence-corrected chi connectivity index (χ3v) is 9.18. The van der Waals surface area contributed by atoms with Gasteiger partial charge in [-0.05, 0) is 86.2 Å². The molecule has 0 radical (unpaired) electrons. The van der Waals surface area contributed by atoms with Crippen LogP contribution in [0.5, 0.6) is 0 Å². The summed E-state index contributed by atoms with van der Waals surface area (Å²) in [4.78, 5) is 35.3. The van der Waals surface area contributed by atoms with Crippen LogP contribution in [0.3, 0.4) is 0 Å². The van der Waals surface area contributed by atoms with Crippen molar-refractivity contribution < 1.29 is 9.53 Å². The van der Waals surface area contributed by atoms with Crippen molar-refractivity contribution in [3.8, 4) is 5.69 Å². The summed E-state index contributed by atoms with van der Waals surface area (Å²) in [6, 6.07) is 18.2. The van der Waals surface area contributed by atoms with Gasteiger partial charge in [0.15, 0.2) is 4.80 Å². The molecular formula is C36H42N4O3S. The van der Waals surface area contributed by atoms with E-state index in [1.807, 2.05) is 32.3 Å². The standard InChI is InChI=1S/C36H42N4O3S/c1-9-11-30-32(35(42)43-10-2)33(26-14-12-25(13-15-26)22(3)4)40-34(41)31(44-36(40)37-30)21-27-20-23(5)39(24(27)6)29-18-16-28(17-19-29)38(7)8/h12-22,33H,9-11H2,1-8H3/b31-21+/t33-/m1/s1. The van der Waals surface area contributed by atoms with Gasteiger partial charge in [0, 0.05) is 36.9 Å². The van der Waals surface area contributed by atoms with E-state index in [-0.39, 0.29) is 12.2 Å². The molecule has 0 fully saturated rings. The number of hydrogen-bond acceptors (Lipinski definition) is 6. The van der Waals surface area contributed by atoms with E-state index in [1.165, 1.54) is 16.9 Å². The van der Waals surface area contributed by atoms with Crippen LogP contribution in [-0.2, 0) is 9.53 Å². The zero-order valence-corrected chi connectivity index (χ0v) is 27.8. The molecule has 44 heavy (non-hydrogen) atoms. The van der Waals surface area contributed by atoms with E-state index in [0.717, 1.165) is 40.3 Å². The van der Waals surface area contributed by atoms with Crippen molar-refractivity contribution in [2.75, 3.05) is 25.6 Å². The Labute approximate surface area is 263 Å². The lowest BCUT2D eigenvalue weighted by Crippen LogP contribution is -2.40. The summed E-state index contributed by atoms with van der Waals surface area (Å²) in [5.41, 5.74) is 8.35. The Morgan fingerprint density at radius 3 is 2.34 bits per heavy atom. The van der Waals surface area contributed by atoms with Crippen LogP contribution in [0.25, 0.3) is 11.8 Å². The van der Waals surface area contributed by atoms with Crippen molar-refractivity contribution >= 4 is 29.1 Å². The van der Waals surface area contributed by atoms with Gasteiger partial charge in [-0.25, -0.2) is 9.79 Å². The number of aromatic nitrogens is 2. The van der Waals surface area contributed by atoms with Gasteiger partial charge >= 0.3 is 5.97 Å². The molecular weight excluding hydrogens is 568 g/mol. The van der Waals surface area contributed by atoms with Crippen LogP contribution in [0.4, 0.5) is 5.69 Å². The highest BCUT2D eigenvalue weighted by atomic mass is 32.1. The number of allylic oxidation sites excluding steroid dienone is 1. The minimum Gasteiger partial charge on any atom is -0.463 e. The maximum Gasteiger partial charge on any atom is 0.338 e. The molecule has 2 aromatic heterocycles. The van der Waals surface area contributed by atoms with Gasteiger partial charge in [-0.1, -0.05) is 62.8 Å². The molecule has 4 aromatic rings. The Bertz CT molecular complexity index is 1890. The number of carbonyl (C=O) groups excluding carboxylic acids is 1. The molecule has 0 bridgehead atoms. The van der Waals surface area contributed by atoms with Crippen LogP contribution in [0.1, 0.15) is 80.6 Å². The van der Waals surface area contributed by atoms with Crippen molar-refractivity contribution in [1.82, 2.24) is 9.13 Å². The number of aryl methyl sites for hydroxylation is 1. The molecule has 0 spiro atoms. The van der Waals surface area contributed by atoms with E-state index in [1.54, 1.807) is 11.5 Å². The number of hydrogen-bond donors (Lipinski definition) is 0. The molecule has 1 aliphatic heterocycles. The average molecular weight is 611 g/mol. The maximum absolute atomic E-state index is 14.2. The third kappa shape index (κ3) is 5.83. The second-order valence-electron chi connectivity index (χ2n) is 11.8. The molecule has 3 heterocycles. The summed E-state index contributed by atoms with van der Waals surface area (Å²) < 4.78 is 10.0. The van der Waals surface area contributed by atoms with Gasteiger partial charge < -0.3 is 14.2 Å². The second kappa shape index (κ2) is 12.8. The molecule has 7 nitrogen and oxygen atoms in total. The predicted molar refractivity (Wildman–Crippen MR) is 180 cm³/mol. The van der Waals surface area contributed by atoms with E-state index in [0.29, 0.717) is 32.9 Å². The first-order valence-corrected chi connectivity index (χ1v) is 16.2. The number of fused-ring (bicyclic) bond motifs is 1. The van der Waals surface area contributed by atoms with Gasteiger partial charge in [-0.3, -0.25) is 9.36 Å². The van der Waals surface area contributed by atoms with Gasteiger partial charge in [-0.15, -0.1) is 0 Å². The van der Waals surface area contributed by atoms with E-state index < -0.39 is 12.0 Å². The number of anilines is 1. The highest BCUT2D eigenvalue weighted by Gasteiger charge is 2.34. The molecule has 0 amide bonds. The summed E-state index contributed by atoms with van der Waals surface area (Å²) in [6.45, 7) is 12.6. The minimum absolute atomic E-state index is 0.163. The first kappa shape index (κ1) is 31.3. The number of benzene rings is 2. The molecule has 0 saturated heterocycles. The van der Waals surface area contributed by atoms with E-state index in [9.17, 15) is 9.59 Å². The number of carbonyl (C=O) groups is 1. The first-order valence-electron chi connectivity index (χ1n) is 15.3. The summed E-state index contributed by atoms with van der Waals surface area (Å²) in [6.07, 6.45) is 3.40. The monoisotopic (exact) mass is 610 g/mol. The lowest BCUT2D eigenvalue weighted by molar-refractivity contribution is -0.139. The Morgan fingerprint density at radius 1 is 1.07 bits per heavy atom. The Kier molecular flexibility index (Phi) is 9.11. The Balaban J connectivity index is 1.68. The fourth-order valence-electron chi connectivity index (χ4n) is 5.87. The minimum atomic E-state index is -0.613. The molecule has 8 heteroatoms. The summed E-state index contributed by atoms with van der Waals surface area (Å²) in [5.74, 6) is -0.0533. The molecule has 0 saturated carbocycles. The molecule has 5 rings (SSSR count). The fourth-order valence-corrected chi connectivity index (χ4v) is 6.88. The quantitative estimate of drug-likeness (QED) is 0.213. The second-order valence-corrected chi connectivity index (χ2v) is 12.8. The first-order chi connectivity index (χ1) is 21.0. The SMILES string of the molecule is CCCC1=C(C(=O)OCC)[C@@H](c2ccc(C(C)C)cc2)n2c(s/c(=C/c3cc(C)n(-c4ccc(N(C)C)cc4)c3C)c2=O)=N1. The number of thiazole rings is 1. The van der Waals surface area contributed by atoms with E-state index in [4.69, 9.17) is 9.73 Å². The van der Waals surface area contributed by atoms with Gasteiger partial charge in [-0.2, -0.15) is 0 Å². The average Bonchev–Trinajstić information content (AvgIpc) is 3.46. The number of esters is 1. The summed E-state index contributed by atoms with van der Waals surface area (Å²) in [7, 11) is 4.06. The smallest absolute Gasteiger partial charge is 0.338 e. The highest BCUT2D eigenvalue weighted by Crippen LogP contribution is 2.33. The van der Waals surface area contributed by atoms with Gasteiger partial charge in [0.25, 0.3) is 5.56 Å². The van der Waals surface area contributed by atoms with Crippen LogP contribution in [0, 0.1) is 13.8 Å². The molecule has 2 aromatic carbocycles. The third-order valence-electron chi connectivity index (χ3n) is 8.19. The molecule has 230 valence electrons. The molecule has 0 aliphatic carbocycles. The summed E-state index contributed by atoms with van der Waals surface area (Å²) >= 11 is 1.37. The van der Waals surface area contributed by atoms with Crippen molar-refractivity contribution in [2.45, 2.75) is 66.3 Å². The molecule has 1 aliphatic rings.